The van der Waals surface area contributed by atoms with Gasteiger partial charge in [0.1, 0.15) is 12.4 Å². The summed E-state index contributed by atoms with van der Waals surface area (Å²) in [5.41, 5.74) is 1.08. The van der Waals surface area contributed by atoms with E-state index >= 15 is 0 Å². The van der Waals surface area contributed by atoms with Gasteiger partial charge in [0.2, 0.25) is 0 Å². The van der Waals surface area contributed by atoms with Crippen molar-refractivity contribution < 1.29 is 14.7 Å². The number of rotatable bonds is 5. The van der Waals surface area contributed by atoms with Crippen LogP contribution in [0.15, 0.2) is 30.6 Å². The van der Waals surface area contributed by atoms with Crippen LogP contribution in [0, 0.1) is 0 Å². The molecule has 0 saturated heterocycles. The van der Waals surface area contributed by atoms with Crippen LogP contribution in [0.25, 0.3) is 5.69 Å². The van der Waals surface area contributed by atoms with E-state index in [9.17, 15) is 9.59 Å². The Kier molecular flexibility index (Phi) is 4.04. The fourth-order valence-electron chi connectivity index (χ4n) is 1.63. The van der Waals surface area contributed by atoms with Crippen molar-refractivity contribution in [2.75, 3.05) is 0 Å². The van der Waals surface area contributed by atoms with Crippen LogP contribution in [-0.2, 0) is 4.79 Å². The predicted octanol–water partition coefficient (Wildman–Crippen LogP) is 0.255. The molecule has 0 radical (unpaired) electrons. The van der Waals surface area contributed by atoms with Gasteiger partial charge in [0.25, 0.3) is 5.91 Å². The second-order valence-electron chi connectivity index (χ2n) is 4.07. The molecule has 20 heavy (non-hydrogen) atoms. The molecule has 1 heterocycles. The SMILES string of the molecule is CCC(NC(=O)c1ccc(-n2cnnn2)cc1)C(=O)O. The molecule has 2 N–H and O–H groups in total. The van der Waals surface area contributed by atoms with Gasteiger partial charge in [-0.2, -0.15) is 0 Å². The third kappa shape index (κ3) is 2.97. The summed E-state index contributed by atoms with van der Waals surface area (Å²) in [5.74, 6) is -1.48. The van der Waals surface area contributed by atoms with E-state index in [0.717, 1.165) is 0 Å². The highest BCUT2D eigenvalue weighted by molar-refractivity contribution is 5.96. The molecule has 0 fully saturated rings. The Labute approximate surface area is 114 Å². The molecule has 0 bridgehead atoms. The number of carboxylic acid groups (broad SMARTS) is 1. The number of carbonyl (C=O) groups excluding carboxylic acids is 1. The molecule has 0 aliphatic heterocycles. The Hall–Kier alpha value is -2.77. The molecule has 0 aliphatic rings. The number of nitrogens with zero attached hydrogens (tertiary/aromatic N) is 4. The lowest BCUT2D eigenvalue weighted by Gasteiger charge is -2.12. The van der Waals surface area contributed by atoms with E-state index in [1.165, 1.54) is 11.0 Å². The maximum atomic E-state index is 11.9. The van der Waals surface area contributed by atoms with Crippen molar-refractivity contribution in [3.8, 4) is 5.69 Å². The lowest BCUT2D eigenvalue weighted by atomic mass is 10.1. The fourth-order valence-corrected chi connectivity index (χ4v) is 1.63. The molecule has 2 rings (SSSR count). The van der Waals surface area contributed by atoms with Crippen molar-refractivity contribution in [2.24, 2.45) is 0 Å². The average molecular weight is 275 g/mol. The first kappa shape index (κ1) is 13.7. The van der Waals surface area contributed by atoms with Crippen molar-refractivity contribution in [1.29, 1.82) is 0 Å². The minimum Gasteiger partial charge on any atom is -0.480 e. The standard InChI is InChI=1S/C12H13N5O3/c1-2-10(12(19)20)14-11(18)8-3-5-9(6-4-8)17-7-13-15-16-17/h3-7,10H,2H2,1H3,(H,14,18)(H,19,20). The van der Waals surface area contributed by atoms with Gasteiger partial charge in [0.15, 0.2) is 0 Å². The van der Waals surface area contributed by atoms with Crippen LogP contribution in [0.2, 0.25) is 0 Å². The zero-order valence-electron chi connectivity index (χ0n) is 10.7. The van der Waals surface area contributed by atoms with Crippen molar-refractivity contribution in [2.45, 2.75) is 19.4 Å². The van der Waals surface area contributed by atoms with Crippen molar-refractivity contribution in [1.82, 2.24) is 25.5 Å². The van der Waals surface area contributed by atoms with E-state index in [4.69, 9.17) is 5.11 Å². The molecular weight excluding hydrogens is 262 g/mol. The summed E-state index contributed by atoms with van der Waals surface area (Å²) in [7, 11) is 0. The Morgan fingerprint density at radius 3 is 2.55 bits per heavy atom. The van der Waals surface area contributed by atoms with Gasteiger partial charge < -0.3 is 10.4 Å². The normalized spacial score (nSPS) is 11.8. The van der Waals surface area contributed by atoms with Crippen LogP contribution in [0.5, 0.6) is 0 Å². The first-order valence-electron chi connectivity index (χ1n) is 5.99. The second kappa shape index (κ2) is 5.91. The number of aliphatic carboxylic acids is 1. The Morgan fingerprint density at radius 1 is 1.35 bits per heavy atom. The van der Waals surface area contributed by atoms with E-state index in [1.807, 2.05) is 0 Å². The molecule has 1 aromatic heterocycles. The third-order valence-corrected chi connectivity index (χ3v) is 2.75. The number of carboxylic acids is 1. The minimum atomic E-state index is -1.05. The molecule has 0 saturated carbocycles. The molecule has 1 aromatic carbocycles. The fraction of sp³-hybridized carbons (Fsp3) is 0.250. The minimum absolute atomic E-state index is 0.323. The molecule has 0 aliphatic carbocycles. The first-order valence-corrected chi connectivity index (χ1v) is 5.99. The summed E-state index contributed by atoms with van der Waals surface area (Å²) < 4.78 is 1.45. The van der Waals surface area contributed by atoms with Gasteiger partial charge in [-0.05, 0) is 41.1 Å². The molecule has 2 aromatic rings. The van der Waals surface area contributed by atoms with Crippen molar-refractivity contribution in [3.63, 3.8) is 0 Å². The highest BCUT2D eigenvalue weighted by atomic mass is 16.4. The average Bonchev–Trinajstić information content (AvgIpc) is 2.98. The summed E-state index contributed by atoms with van der Waals surface area (Å²) in [6.45, 7) is 1.69. The van der Waals surface area contributed by atoms with E-state index in [2.05, 4.69) is 20.8 Å². The Morgan fingerprint density at radius 2 is 2.05 bits per heavy atom. The Bertz CT molecular complexity index is 594. The Balaban J connectivity index is 2.10. The molecule has 1 unspecified atom stereocenters. The number of nitrogens with one attached hydrogen (secondary N) is 1. The maximum Gasteiger partial charge on any atom is 0.326 e. The van der Waals surface area contributed by atoms with Gasteiger partial charge in [0, 0.05) is 5.56 Å². The number of aromatic nitrogens is 4. The molecule has 104 valence electrons. The van der Waals surface area contributed by atoms with Crippen LogP contribution in [0.3, 0.4) is 0 Å². The summed E-state index contributed by atoms with van der Waals surface area (Å²) in [5, 5.41) is 22.1. The largest absolute Gasteiger partial charge is 0.480 e. The lowest BCUT2D eigenvalue weighted by molar-refractivity contribution is -0.139. The quantitative estimate of drug-likeness (QED) is 0.809. The van der Waals surface area contributed by atoms with E-state index in [1.54, 1.807) is 31.2 Å². The number of amides is 1. The van der Waals surface area contributed by atoms with E-state index < -0.39 is 17.9 Å². The summed E-state index contributed by atoms with van der Waals surface area (Å²) in [6.07, 6.45) is 1.76. The summed E-state index contributed by atoms with van der Waals surface area (Å²) in [4.78, 5) is 22.8. The number of tetrazole rings is 1. The number of hydrogen-bond donors (Lipinski definition) is 2. The van der Waals surface area contributed by atoms with Gasteiger partial charge in [-0.15, -0.1) is 5.10 Å². The number of hydrogen-bond acceptors (Lipinski definition) is 5. The molecule has 0 spiro atoms. The van der Waals surface area contributed by atoms with Gasteiger partial charge in [0.05, 0.1) is 5.69 Å². The van der Waals surface area contributed by atoms with Crippen LogP contribution in [-0.4, -0.2) is 43.2 Å². The van der Waals surface area contributed by atoms with Gasteiger partial charge >= 0.3 is 5.97 Å². The predicted molar refractivity (Wildman–Crippen MR) is 68.3 cm³/mol. The highest BCUT2D eigenvalue weighted by Gasteiger charge is 2.18. The summed E-state index contributed by atoms with van der Waals surface area (Å²) >= 11 is 0. The van der Waals surface area contributed by atoms with Gasteiger partial charge in [-0.25, -0.2) is 9.48 Å². The highest BCUT2D eigenvalue weighted by Crippen LogP contribution is 2.08. The van der Waals surface area contributed by atoms with E-state index in [-0.39, 0.29) is 0 Å². The van der Waals surface area contributed by atoms with Gasteiger partial charge in [-0.3, -0.25) is 4.79 Å². The molecular formula is C12H13N5O3. The lowest BCUT2D eigenvalue weighted by Crippen LogP contribution is -2.40. The van der Waals surface area contributed by atoms with E-state index in [0.29, 0.717) is 17.7 Å². The smallest absolute Gasteiger partial charge is 0.326 e. The topological polar surface area (TPSA) is 110 Å². The zero-order valence-corrected chi connectivity index (χ0v) is 10.7. The molecule has 1 amide bonds. The zero-order chi connectivity index (χ0) is 14.5. The number of carbonyl (C=O) groups is 2. The van der Waals surface area contributed by atoms with Crippen LogP contribution in [0.4, 0.5) is 0 Å². The van der Waals surface area contributed by atoms with Crippen molar-refractivity contribution >= 4 is 11.9 Å². The van der Waals surface area contributed by atoms with Crippen LogP contribution in [0.1, 0.15) is 23.7 Å². The molecule has 1 atom stereocenters. The van der Waals surface area contributed by atoms with Crippen LogP contribution >= 0.6 is 0 Å². The second-order valence-corrected chi connectivity index (χ2v) is 4.07. The first-order chi connectivity index (χ1) is 9.61. The maximum absolute atomic E-state index is 11.9. The van der Waals surface area contributed by atoms with Crippen molar-refractivity contribution in [3.05, 3.63) is 36.2 Å². The van der Waals surface area contributed by atoms with Crippen LogP contribution < -0.4 is 5.32 Å². The molecule has 8 nitrogen and oxygen atoms in total. The number of benzene rings is 1. The monoisotopic (exact) mass is 275 g/mol. The van der Waals surface area contributed by atoms with Gasteiger partial charge in [-0.1, -0.05) is 6.92 Å². The third-order valence-electron chi connectivity index (χ3n) is 2.75. The summed E-state index contributed by atoms with van der Waals surface area (Å²) in [6, 6.07) is 5.63. The molecule has 8 heteroatoms.